The van der Waals surface area contributed by atoms with Gasteiger partial charge in [-0.1, -0.05) is 13.8 Å². The van der Waals surface area contributed by atoms with Crippen molar-refractivity contribution < 1.29 is 13.5 Å². The van der Waals surface area contributed by atoms with Gasteiger partial charge in [0.25, 0.3) is 0 Å². The molecule has 1 aromatic carbocycles. The predicted molar refractivity (Wildman–Crippen MR) is 75.7 cm³/mol. The van der Waals surface area contributed by atoms with Gasteiger partial charge in [-0.15, -0.1) is 0 Å². The Bertz CT molecular complexity index is 464. The highest BCUT2D eigenvalue weighted by molar-refractivity contribution is 5.28. The van der Waals surface area contributed by atoms with Gasteiger partial charge in [-0.2, -0.15) is 0 Å². The highest BCUT2D eigenvalue weighted by atomic mass is 19.1. The molecule has 0 bridgehead atoms. The summed E-state index contributed by atoms with van der Waals surface area (Å²) in [7, 11) is 0. The van der Waals surface area contributed by atoms with Crippen molar-refractivity contribution in [1.29, 1.82) is 0 Å². The Balaban J connectivity index is 2.35. The van der Waals surface area contributed by atoms with Crippen LogP contribution in [0, 0.1) is 24.5 Å². The summed E-state index contributed by atoms with van der Waals surface area (Å²) >= 11 is 0. The van der Waals surface area contributed by atoms with Crippen molar-refractivity contribution in [1.82, 2.24) is 5.32 Å². The summed E-state index contributed by atoms with van der Waals surface area (Å²) in [5, 5.41) is 3.31. The maximum absolute atomic E-state index is 14.2. The van der Waals surface area contributed by atoms with Gasteiger partial charge in [0.05, 0.1) is 6.10 Å². The van der Waals surface area contributed by atoms with E-state index in [4.69, 9.17) is 4.74 Å². The molecular formula is C16H23F2NO. The third-order valence-electron chi connectivity index (χ3n) is 4.13. The molecule has 1 N–H and O–H groups in total. The van der Waals surface area contributed by atoms with Crippen molar-refractivity contribution in [2.75, 3.05) is 13.2 Å². The molecule has 0 saturated carbocycles. The van der Waals surface area contributed by atoms with Crippen LogP contribution in [0.1, 0.15) is 43.9 Å². The van der Waals surface area contributed by atoms with Crippen molar-refractivity contribution in [3.8, 4) is 0 Å². The molecule has 1 aliphatic heterocycles. The molecule has 3 unspecified atom stereocenters. The summed E-state index contributed by atoms with van der Waals surface area (Å²) in [4.78, 5) is 0. The molecule has 0 amide bonds. The highest BCUT2D eigenvalue weighted by Crippen LogP contribution is 2.36. The van der Waals surface area contributed by atoms with Gasteiger partial charge in [-0.25, -0.2) is 8.78 Å². The molecule has 0 spiro atoms. The van der Waals surface area contributed by atoms with E-state index in [1.807, 2.05) is 6.92 Å². The van der Waals surface area contributed by atoms with Gasteiger partial charge in [0.15, 0.2) is 0 Å². The van der Waals surface area contributed by atoms with Gasteiger partial charge >= 0.3 is 0 Å². The number of ether oxygens (including phenoxy) is 1. The number of aryl methyl sites for hydroxylation is 1. The van der Waals surface area contributed by atoms with E-state index in [2.05, 4.69) is 12.2 Å². The van der Waals surface area contributed by atoms with E-state index in [0.29, 0.717) is 24.3 Å². The molecule has 1 heterocycles. The Morgan fingerprint density at radius 3 is 2.70 bits per heavy atom. The average molecular weight is 283 g/mol. The summed E-state index contributed by atoms with van der Waals surface area (Å²) in [5.74, 6) is -0.496. The van der Waals surface area contributed by atoms with Crippen molar-refractivity contribution >= 4 is 0 Å². The molecule has 0 radical (unpaired) electrons. The highest BCUT2D eigenvalue weighted by Gasteiger charge is 2.35. The molecule has 1 saturated heterocycles. The minimum atomic E-state index is -0.351. The van der Waals surface area contributed by atoms with E-state index in [-0.39, 0.29) is 29.7 Å². The smallest absolute Gasteiger partial charge is 0.128 e. The van der Waals surface area contributed by atoms with Gasteiger partial charge < -0.3 is 10.1 Å². The Morgan fingerprint density at radius 2 is 2.05 bits per heavy atom. The molecule has 2 rings (SSSR count). The second-order valence-corrected chi connectivity index (χ2v) is 5.43. The van der Waals surface area contributed by atoms with E-state index in [9.17, 15) is 8.78 Å². The maximum Gasteiger partial charge on any atom is 0.128 e. The van der Waals surface area contributed by atoms with Crippen LogP contribution in [0.4, 0.5) is 8.78 Å². The summed E-state index contributed by atoms with van der Waals surface area (Å²) in [6.45, 7) is 7.04. The molecule has 1 aliphatic rings. The monoisotopic (exact) mass is 283 g/mol. The van der Waals surface area contributed by atoms with Gasteiger partial charge in [0.2, 0.25) is 0 Å². The lowest BCUT2D eigenvalue weighted by atomic mass is 9.86. The van der Waals surface area contributed by atoms with Gasteiger partial charge in [0.1, 0.15) is 11.6 Å². The third-order valence-corrected chi connectivity index (χ3v) is 4.13. The first-order valence-electron chi connectivity index (χ1n) is 7.39. The molecule has 0 aromatic heterocycles. The fourth-order valence-corrected chi connectivity index (χ4v) is 3.08. The molecule has 4 heteroatoms. The second-order valence-electron chi connectivity index (χ2n) is 5.43. The summed E-state index contributed by atoms with van der Waals surface area (Å²) in [6, 6.07) is 2.43. The van der Waals surface area contributed by atoms with E-state index >= 15 is 0 Å². The lowest BCUT2D eigenvalue weighted by Gasteiger charge is -2.28. The van der Waals surface area contributed by atoms with E-state index in [1.54, 1.807) is 6.92 Å². The zero-order valence-electron chi connectivity index (χ0n) is 12.4. The minimum absolute atomic E-state index is 0.114. The van der Waals surface area contributed by atoms with Crippen molar-refractivity contribution in [2.45, 2.75) is 45.8 Å². The quantitative estimate of drug-likeness (QED) is 0.889. The zero-order chi connectivity index (χ0) is 14.7. The molecule has 0 aliphatic carbocycles. The number of rotatable bonds is 5. The number of benzene rings is 1. The number of halogens is 2. The number of nitrogens with one attached hydrogen (secondary N) is 1. The lowest BCUT2D eigenvalue weighted by Crippen LogP contribution is -2.33. The first-order chi connectivity index (χ1) is 9.58. The van der Waals surface area contributed by atoms with E-state index in [0.717, 1.165) is 12.8 Å². The van der Waals surface area contributed by atoms with Crippen LogP contribution in [0.2, 0.25) is 0 Å². The van der Waals surface area contributed by atoms with Crippen LogP contribution in [0.5, 0.6) is 0 Å². The third kappa shape index (κ3) is 3.01. The van der Waals surface area contributed by atoms with Crippen molar-refractivity contribution in [3.05, 3.63) is 34.9 Å². The molecule has 1 aromatic rings. The van der Waals surface area contributed by atoms with Gasteiger partial charge in [-0.3, -0.25) is 0 Å². The Morgan fingerprint density at radius 1 is 1.30 bits per heavy atom. The van der Waals surface area contributed by atoms with E-state index < -0.39 is 0 Å². The zero-order valence-corrected chi connectivity index (χ0v) is 12.4. The molecule has 2 nitrogen and oxygen atoms in total. The van der Waals surface area contributed by atoms with Gasteiger partial charge in [0, 0.05) is 24.1 Å². The lowest BCUT2D eigenvalue weighted by molar-refractivity contribution is 0.0771. The van der Waals surface area contributed by atoms with Crippen LogP contribution in [0.25, 0.3) is 0 Å². The molecular weight excluding hydrogens is 260 g/mol. The predicted octanol–water partition coefficient (Wildman–Crippen LogP) is 3.74. The Kier molecular flexibility index (Phi) is 5.11. The standard InChI is InChI=1S/C16H23F2NO/c1-4-15-11(6-7-20-15)16(19-5-2)12-9-13(17)10(3)8-14(12)18/h8-9,11,15-16,19H,4-7H2,1-3H3. The fourth-order valence-electron chi connectivity index (χ4n) is 3.08. The van der Waals surface area contributed by atoms with E-state index in [1.165, 1.54) is 12.1 Å². The number of hydrogen-bond donors (Lipinski definition) is 1. The van der Waals surface area contributed by atoms with Crippen molar-refractivity contribution in [3.63, 3.8) is 0 Å². The average Bonchev–Trinajstić information content (AvgIpc) is 2.88. The van der Waals surface area contributed by atoms with Crippen molar-refractivity contribution in [2.24, 2.45) is 5.92 Å². The van der Waals surface area contributed by atoms with Crippen LogP contribution in [0.3, 0.4) is 0 Å². The number of hydrogen-bond acceptors (Lipinski definition) is 2. The summed E-state index contributed by atoms with van der Waals surface area (Å²) < 4.78 is 33.7. The SMILES string of the molecule is CCNC(c1cc(F)c(C)cc1F)C1CCOC1CC. The van der Waals surface area contributed by atoms with Crippen LogP contribution >= 0.6 is 0 Å². The Labute approximate surface area is 119 Å². The molecule has 112 valence electrons. The van der Waals surface area contributed by atoms with Crippen LogP contribution in [0.15, 0.2) is 12.1 Å². The maximum atomic E-state index is 14.2. The molecule has 3 atom stereocenters. The largest absolute Gasteiger partial charge is 0.378 e. The molecule has 20 heavy (non-hydrogen) atoms. The minimum Gasteiger partial charge on any atom is -0.378 e. The van der Waals surface area contributed by atoms with Gasteiger partial charge in [-0.05, 0) is 44.0 Å². The fraction of sp³-hybridized carbons (Fsp3) is 0.625. The second kappa shape index (κ2) is 6.64. The van der Waals surface area contributed by atoms with Crippen LogP contribution < -0.4 is 5.32 Å². The normalized spacial score (nSPS) is 24.1. The summed E-state index contributed by atoms with van der Waals surface area (Å²) in [5.41, 5.74) is 0.764. The first kappa shape index (κ1) is 15.4. The first-order valence-corrected chi connectivity index (χ1v) is 7.39. The Hall–Kier alpha value is -1.00. The van der Waals surface area contributed by atoms with Crippen LogP contribution in [-0.2, 0) is 4.74 Å². The summed E-state index contributed by atoms with van der Waals surface area (Å²) in [6.07, 6.45) is 1.89. The molecule has 1 fully saturated rings. The van der Waals surface area contributed by atoms with Crippen LogP contribution in [-0.4, -0.2) is 19.3 Å². The topological polar surface area (TPSA) is 21.3 Å².